The Hall–Kier alpha value is -1.63. The van der Waals surface area contributed by atoms with Crippen molar-refractivity contribution < 1.29 is 19.7 Å². The second-order valence-electron chi connectivity index (χ2n) is 7.16. The summed E-state index contributed by atoms with van der Waals surface area (Å²) < 4.78 is 5.54. The quantitative estimate of drug-likeness (QED) is 0.646. The fourth-order valence-electron chi connectivity index (χ4n) is 3.31. The van der Waals surface area contributed by atoms with Crippen molar-refractivity contribution in [1.29, 1.82) is 0 Å². The van der Waals surface area contributed by atoms with Crippen LogP contribution in [0.15, 0.2) is 24.3 Å². The SMILES string of the molecule is Cc1ccc(OCC(=O)N[C@H]2CN(C(CO)CO)C[C@@H]2C(C)C)cc1. The summed E-state index contributed by atoms with van der Waals surface area (Å²) in [6.07, 6.45) is 0. The number of carbonyl (C=O) groups is 1. The maximum atomic E-state index is 12.3. The van der Waals surface area contributed by atoms with Gasteiger partial charge in [0.05, 0.1) is 19.3 Å². The molecule has 0 spiro atoms. The third-order valence-corrected chi connectivity index (χ3v) is 4.92. The summed E-state index contributed by atoms with van der Waals surface area (Å²) >= 11 is 0. The first-order valence-corrected chi connectivity index (χ1v) is 8.89. The average molecular weight is 350 g/mol. The highest BCUT2D eigenvalue weighted by Crippen LogP contribution is 2.26. The smallest absolute Gasteiger partial charge is 0.258 e. The molecule has 1 aliphatic rings. The zero-order valence-electron chi connectivity index (χ0n) is 15.3. The molecule has 1 amide bonds. The van der Waals surface area contributed by atoms with E-state index < -0.39 is 0 Å². The standard InChI is InChI=1S/C19H30N2O4/c1-13(2)17-8-21(15(10-22)11-23)9-18(17)20-19(24)12-25-16-6-4-14(3)5-7-16/h4-7,13,15,17-18,22-23H,8-12H2,1-3H3,(H,20,24)/t17-,18+/m1/s1. The summed E-state index contributed by atoms with van der Waals surface area (Å²) in [7, 11) is 0. The first-order chi connectivity index (χ1) is 11.9. The van der Waals surface area contributed by atoms with Crippen LogP contribution in [0.3, 0.4) is 0 Å². The second kappa shape index (κ2) is 9.17. The van der Waals surface area contributed by atoms with Gasteiger partial charge in [-0.3, -0.25) is 9.69 Å². The number of aryl methyl sites for hydroxylation is 1. The maximum Gasteiger partial charge on any atom is 0.258 e. The van der Waals surface area contributed by atoms with Crippen LogP contribution in [0, 0.1) is 18.8 Å². The molecule has 1 saturated heterocycles. The molecule has 1 aromatic rings. The molecule has 6 nitrogen and oxygen atoms in total. The highest BCUT2D eigenvalue weighted by Gasteiger charge is 2.38. The molecule has 0 radical (unpaired) electrons. The van der Waals surface area contributed by atoms with E-state index in [9.17, 15) is 15.0 Å². The summed E-state index contributed by atoms with van der Waals surface area (Å²) in [5, 5.41) is 21.9. The lowest BCUT2D eigenvalue weighted by molar-refractivity contribution is -0.124. The Morgan fingerprint density at radius 2 is 1.88 bits per heavy atom. The molecule has 1 aromatic carbocycles. The lowest BCUT2D eigenvalue weighted by Crippen LogP contribution is -2.45. The minimum absolute atomic E-state index is 0.00489. The Morgan fingerprint density at radius 1 is 1.24 bits per heavy atom. The molecule has 0 aromatic heterocycles. The van der Waals surface area contributed by atoms with Crippen LogP contribution in [0.25, 0.3) is 0 Å². The molecule has 0 unspecified atom stereocenters. The normalized spacial score (nSPS) is 21.1. The van der Waals surface area contributed by atoms with Crippen LogP contribution in [0.4, 0.5) is 0 Å². The molecule has 0 saturated carbocycles. The largest absolute Gasteiger partial charge is 0.484 e. The number of likely N-dealkylation sites (tertiary alicyclic amines) is 1. The van der Waals surface area contributed by atoms with Crippen LogP contribution in [0.1, 0.15) is 19.4 Å². The predicted molar refractivity (Wildman–Crippen MR) is 96.5 cm³/mol. The molecule has 3 N–H and O–H groups in total. The molecule has 0 bridgehead atoms. The van der Waals surface area contributed by atoms with Crippen molar-refractivity contribution in [3.05, 3.63) is 29.8 Å². The Balaban J connectivity index is 1.89. The molecule has 1 aliphatic heterocycles. The summed E-state index contributed by atoms with van der Waals surface area (Å²) in [5.41, 5.74) is 1.14. The fourth-order valence-corrected chi connectivity index (χ4v) is 3.31. The van der Waals surface area contributed by atoms with Gasteiger partial charge in [-0.05, 0) is 30.9 Å². The van der Waals surface area contributed by atoms with Gasteiger partial charge in [-0.25, -0.2) is 0 Å². The van der Waals surface area contributed by atoms with Crippen LogP contribution in [0.2, 0.25) is 0 Å². The lowest BCUT2D eigenvalue weighted by atomic mass is 9.91. The number of nitrogens with zero attached hydrogens (tertiary/aromatic N) is 1. The third-order valence-electron chi connectivity index (χ3n) is 4.92. The van der Waals surface area contributed by atoms with E-state index in [0.29, 0.717) is 18.2 Å². The number of aliphatic hydroxyl groups excluding tert-OH is 2. The van der Waals surface area contributed by atoms with Crippen LogP contribution in [-0.4, -0.2) is 66.0 Å². The number of amides is 1. The molecule has 1 heterocycles. The van der Waals surface area contributed by atoms with Gasteiger partial charge in [-0.2, -0.15) is 0 Å². The molecular formula is C19H30N2O4. The minimum Gasteiger partial charge on any atom is -0.484 e. The van der Waals surface area contributed by atoms with E-state index in [0.717, 1.165) is 12.1 Å². The van der Waals surface area contributed by atoms with Crippen molar-refractivity contribution in [2.45, 2.75) is 32.9 Å². The van der Waals surface area contributed by atoms with Crippen molar-refractivity contribution in [3.63, 3.8) is 0 Å². The van der Waals surface area contributed by atoms with Gasteiger partial charge in [-0.15, -0.1) is 0 Å². The average Bonchev–Trinajstić information content (AvgIpc) is 2.99. The molecule has 2 atom stereocenters. The number of rotatable bonds is 8. The van der Waals surface area contributed by atoms with Crippen LogP contribution in [0.5, 0.6) is 5.75 Å². The van der Waals surface area contributed by atoms with Gasteiger partial charge in [0.2, 0.25) is 0 Å². The zero-order valence-corrected chi connectivity index (χ0v) is 15.3. The predicted octanol–water partition coefficient (Wildman–Crippen LogP) is 0.800. The van der Waals surface area contributed by atoms with Gasteiger partial charge in [0, 0.05) is 19.1 Å². The van der Waals surface area contributed by atoms with E-state index in [-0.39, 0.29) is 43.7 Å². The topological polar surface area (TPSA) is 82.0 Å². The number of benzene rings is 1. The molecule has 2 rings (SSSR count). The lowest BCUT2D eigenvalue weighted by Gasteiger charge is -2.24. The summed E-state index contributed by atoms with van der Waals surface area (Å²) in [5.74, 6) is 1.20. The van der Waals surface area contributed by atoms with Crippen molar-refractivity contribution in [1.82, 2.24) is 10.2 Å². The van der Waals surface area contributed by atoms with E-state index in [2.05, 4.69) is 24.1 Å². The monoisotopic (exact) mass is 350 g/mol. The number of nitrogens with one attached hydrogen (secondary N) is 1. The number of hydrogen-bond acceptors (Lipinski definition) is 5. The molecule has 6 heteroatoms. The zero-order chi connectivity index (χ0) is 18.4. The Morgan fingerprint density at radius 3 is 2.44 bits per heavy atom. The summed E-state index contributed by atoms with van der Waals surface area (Å²) in [4.78, 5) is 14.3. The number of carbonyl (C=O) groups excluding carboxylic acids is 1. The first-order valence-electron chi connectivity index (χ1n) is 8.89. The second-order valence-corrected chi connectivity index (χ2v) is 7.16. The maximum absolute atomic E-state index is 12.3. The molecule has 0 aliphatic carbocycles. The van der Waals surface area contributed by atoms with E-state index in [4.69, 9.17) is 4.74 Å². The van der Waals surface area contributed by atoms with Crippen LogP contribution >= 0.6 is 0 Å². The van der Waals surface area contributed by atoms with Gasteiger partial charge >= 0.3 is 0 Å². The van der Waals surface area contributed by atoms with Crippen molar-refractivity contribution in [2.24, 2.45) is 11.8 Å². The number of aliphatic hydroxyl groups is 2. The van der Waals surface area contributed by atoms with E-state index in [1.807, 2.05) is 31.2 Å². The van der Waals surface area contributed by atoms with Gasteiger partial charge in [0.1, 0.15) is 5.75 Å². The highest BCUT2D eigenvalue weighted by molar-refractivity contribution is 5.78. The van der Waals surface area contributed by atoms with Gasteiger partial charge in [0.15, 0.2) is 6.61 Å². The van der Waals surface area contributed by atoms with Crippen molar-refractivity contribution >= 4 is 5.91 Å². The number of hydrogen-bond donors (Lipinski definition) is 3. The number of ether oxygens (including phenoxy) is 1. The minimum atomic E-state index is -0.271. The van der Waals surface area contributed by atoms with Crippen LogP contribution < -0.4 is 10.1 Å². The Kier molecular flexibility index (Phi) is 7.23. The van der Waals surface area contributed by atoms with Crippen molar-refractivity contribution in [3.8, 4) is 5.75 Å². The van der Waals surface area contributed by atoms with Crippen LogP contribution in [-0.2, 0) is 4.79 Å². The van der Waals surface area contributed by atoms with Gasteiger partial charge < -0.3 is 20.3 Å². The Labute approximate surface area is 149 Å². The van der Waals surface area contributed by atoms with Gasteiger partial charge in [-0.1, -0.05) is 31.5 Å². The summed E-state index contributed by atoms with van der Waals surface area (Å²) in [6.45, 7) is 7.45. The van der Waals surface area contributed by atoms with E-state index in [1.54, 1.807) is 0 Å². The third kappa shape index (κ3) is 5.42. The molecule has 25 heavy (non-hydrogen) atoms. The fraction of sp³-hybridized carbons (Fsp3) is 0.632. The van der Waals surface area contributed by atoms with Crippen molar-refractivity contribution in [2.75, 3.05) is 32.9 Å². The van der Waals surface area contributed by atoms with E-state index >= 15 is 0 Å². The molecule has 1 fully saturated rings. The highest BCUT2D eigenvalue weighted by atomic mass is 16.5. The van der Waals surface area contributed by atoms with Gasteiger partial charge in [0.25, 0.3) is 5.91 Å². The molecule has 140 valence electrons. The molecular weight excluding hydrogens is 320 g/mol. The van der Waals surface area contributed by atoms with E-state index in [1.165, 1.54) is 0 Å². The summed E-state index contributed by atoms with van der Waals surface area (Å²) in [6, 6.07) is 7.32. The first kappa shape index (κ1) is 19.7. The Bertz CT molecular complexity index is 543.